The summed E-state index contributed by atoms with van der Waals surface area (Å²) in [5, 5.41) is 10.5. The molecule has 2 aromatic rings. The Kier molecular flexibility index (Phi) is 5.00. The smallest absolute Gasteiger partial charge is 0.333 e. The van der Waals surface area contributed by atoms with Crippen molar-refractivity contribution in [1.82, 2.24) is 0 Å². The van der Waals surface area contributed by atoms with Gasteiger partial charge in [0.25, 0.3) is 0 Å². The predicted molar refractivity (Wildman–Crippen MR) is 98.8 cm³/mol. The number of carbonyl (C=O) groups is 1. The van der Waals surface area contributed by atoms with E-state index in [1.807, 2.05) is 62.4 Å². The summed E-state index contributed by atoms with van der Waals surface area (Å²) in [4.78, 5) is 16.9. The predicted octanol–water partition coefficient (Wildman–Crippen LogP) is 3.45. The van der Waals surface area contributed by atoms with Crippen molar-refractivity contribution in [2.45, 2.75) is 32.4 Å². The molecule has 0 bridgehead atoms. The molecule has 4 nitrogen and oxygen atoms in total. The molecule has 3 rings (SSSR count). The molecule has 2 atom stereocenters. The van der Waals surface area contributed by atoms with E-state index in [4.69, 9.17) is 4.74 Å². The monoisotopic (exact) mass is 337 g/mol. The Labute approximate surface area is 148 Å². The summed E-state index contributed by atoms with van der Waals surface area (Å²) in [5.41, 5.74) is 4.89. The summed E-state index contributed by atoms with van der Waals surface area (Å²) >= 11 is 0. The van der Waals surface area contributed by atoms with Crippen molar-refractivity contribution in [3.63, 3.8) is 0 Å². The molecule has 2 unspecified atom stereocenters. The van der Waals surface area contributed by atoms with E-state index in [0.29, 0.717) is 6.42 Å². The number of carbonyl (C=O) groups excluding carboxylic acids is 1. The molecule has 0 fully saturated rings. The SMILES string of the molecule is COC(=O)C(N=C1c2ccccc2-c2ccccc21)C(O)CC(C)C. The van der Waals surface area contributed by atoms with Crippen LogP contribution in [0.4, 0.5) is 0 Å². The van der Waals surface area contributed by atoms with Crippen molar-refractivity contribution in [2.24, 2.45) is 10.9 Å². The number of fused-ring (bicyclic) bond motifs is 3. The first-order valence-corrected chi connectivity index (χ1v) is 8.55. The maximum atomic E-state index is 12.3. The van der Waals surface area contributed by atoms with Crippen molar-refractivity contribution in [2.75, 3.05) is 7.11 Å². The van der Waals surface area contributed by atoms with Crippen LogP contribution in [0.25, 0.3) is 11.1 Å². The van der Waals surface area contributed by atoms with Crippen LogP contribution in [-0.4, -0.2) is 36.0 Å². The van der Waals surface area contributed by atoms with Gasteiger partial charge in [-0.3, -0.25) is 4.99 Å². The number of aliphatic hydroxyl groups excluding tert-OH is 1. The minimum Gasteiger partial charge on any atom is -0.467 e. The van der Waals surface area contributed by atoms with Crippen molar-refractivity contribution in [1.29, 1.82) is 0 Å². The zero-order valence-corrected chi connectivity index (χ0v) is 14.8. The van der Waals surface area contributed by atoms with Gasteiger partial charge in [-0.15, -0.1) is 0 Å². The van der Waals surface area contributed by atoms with Gasteiger partial charge in [0.15, 0.2) is 6.04 Å². The minimum absolute atomic E-state index is 0.255. The summed E-state index contributed by atoms with van der Waals surface area (Å²) in [5.74, 6) is -0.256. The largest absolute Gasteiger partial charge is 0.467 e. The van der Waals surface area contributed by atoms with E-state index in [1.165, 1.54) is 7.11 Å². The van der Waals surface area contributed by atoms with Crippen LogP contribution in [0, 0.1) is 5.92 Å². The Hall–Kier alpha value is -2.46. The normalized spacial score (nSPS) is 14.7. The van der Waals surface area contributed by atoms with Crippen molar-refractivity contribution in [3.05, 3.63) is 59.7 Å². The van der Waals surface area contributed by atoms with E-state index in [0.717, 1.165) is 28.0 Å². The maximum absolute atomic E-state index is 12.3. The third kappa shape index (κ3) is 3.35. The van der Waals surface area contributed by atoms with Crippen LogP contribution in [0.2, 0.25) is 0 Å². The minimum atomic E-state index is -0.929. The van der Waals surface area contributed by atoms with E-state index in [1.54, 1.807) is 0 Å². The zero-order valence-electron chi connectivity index (χ0n) is 14.8. The molecule has 1 aliphatic carbocycles. The second-order valence-corrected chi connectivity index (χ2v) is 6.73. The highest BCUT2D eigenvalue weighted by molar-refractivity contribution is 6.24. The fraction of sp³-hybridized carbons (Fsp3) is 0.333. The van der Waals surface area contributed by atoms with E-state index in [-0.39, 0.29) is 5.92 Å². The molecule has 0 radical (unpaired) electrons. The molecule has 0 heterocycles. The number of hydrogen-bond acceptors (Lipinski definition) is 4. The topological polar surface area (TPSA) is 58.9 Å². The quantitative estimate of drug-likeness (QED) is 0.726. The first-order valence-electron chi connectivity index (χ1n) is 8.55. The molecule has 1 N–H and O–H groups in total. The van der Waals surface area contributed by atoms with E-state index in [9.17, 15) is 9.90 Å². The van der Waals surface area contributed by atoms with E-state index >= 15 is 0 Å². The van der Waals surface area contributed by atoms with Crippen LogP contribution in [0.1, 0.15) is 31.4 Å². The van der Waals surface area contributed by atoms with Gasteiger partial charge in [0.1, 0.15) is 0 Å². The number of esters is 1. The zero-order chi connectivity index (χ0) is 18.0. The first kappa shape index (κ1) is 17.4. The molecular formula is C21H23NO3. The second kappa shape index (κ2) is 7.19. The Morgan fingerprint density at radius 1 is 1.00 bits per heavy atom. The summed E-state index contributed by atoms with van der Waals surface area (Å²) in [7, 11) is 1.33. The highest BCUT2D eigenvalue weighted by atomic mass is 16.5. The molecular weight excluding hydrogens is 314 g/mol. The Balaban J connectivity index is 2.10. The number of methoxy groups -OCH3 is 1. The van der Waals surface area contributed by atoms with E-state index < -0.39 is 18.1 Å². The number of rotatable bonds is 5. The van der Waals surface area contributed by atoms with Crippen LogP contribution >= 0.6 is 0 Å². The molecule has 0 amide bonds. The fourth-order valence-electron chi connectivity index (χ4n) is 3.30. The van der Waals surface area contributed by atoms with Gasteiger partial charge in [0, 0.05) is 11.1 Å². The molecule has 0 spiro atoms. The third-order valence-electron chi connectivity index (χ3n) is 4.44. The van der Waals surface area contributed by atoms with Gasteiger partial charge in [-0.1, -0.05) is 62.4 Å². The van der Waals surface area contributed by atoms with E-state index in [2.05, 4.69) is 4.99 Å². The second-order valence-electron chi connectivity index (χ2n) is 6.73. The number of aliphatic imine (C=N–C) groups is 1. The van der Waals surface area contributed by atoms with Crippen LogP contribution in [0.5, 0.6) is 0 Å². The number of hydrogen-bond donors (Lipinski definition) is 1. The Bertz CT molecular complexity index is 763. The van der Waals surface area contributed by atoms with Gasteiger partial charge in [-0.05, 0) is 23.5 Å². The van der Waals surface area contributed by atoms with Crippen LogP contribution in [-0.2, 0) is 9.53 Å². The van der Waals surface area contributed by atoms with Gasteiger partial charge in [-0.25, -0.2) is 4.79 Å². The van der Waals surface area contributed by atoms with Crippen LogP contribution in [0.15, 0.2) is 53.5 Å². The Morgan fingerprint density at radius 2 is 1.48 bits per heavy atom. The van der Waals surface area contributed by atoms with Gasteiger partial charge in [-0.2, -0.15) is 0 Å². The number of nitrogens with zero attached hydrogens (tertiary/aromatic N) is 1. The molecule has 4 heteroatoms. The molecule has 0 aliphatic heterocycles. The standard InChI is InChI=1S/C21H23NO3/c1-13(2)12-18(23)20(21(24)25-3)22-19-16-10-6-4-8-14(16)15-9-5-7-11-17(15)19/h4-11,13,18,20,23H,12H2,1-3H3. The summed E-state index contributed by atoms with van der Waals surface area (Å²) in [6, 6.07) is 15.1. The number of ether oxygens (including phenoxy) is 1. The van der Waals surface area contributed by atoms with Gasteiger partial charge in [0.2, 0.25) is 0 Å². The molecule has 0 saturated heterocycles. The van der Waals surface area contributed by atoms with Crippen LogP contribution in [0.3, 0.4) is 0 Å². The van der Waals surface area contributed by atoms with Crippen molar-refractivity contribution in [3.8, 4) is 11.1 Å². The van der Waals surface area contributed by atoms with Crippen molar-refractivity contribution >= 4 is 11.7 Å². The van der Waals surface area contributed by atoms with Gasteiger partial charge < -0.3 is 9.84 Å². The molecule has 0 aromatic heterocycles. The van der Waals surface area contributed by atoms with Crippen LogP contribution < -0.4 is 0 Å². The van der Waals surface area contributed by atoms with Gasteiger partial charge in [0.05, 0.1) is 18.9 Å². The average Bonchev–Trinajstić information content (AvgIpc) is 2.92. The number of benzene rings is 2. The molecule has 130 valence electrons. The molecule has 0 saturated carbocycles. The number of aliphatic hydroxyl groups is 1. The summed E-state index contributed by atoms with van der Waals surface area (Å²) in [6.07, 6.45) is -0.389. The summed E-state index contributed by atoms with van der Waals surface area (Å²) < 4.78 is 4.90. The lowest BCUT2D eigenvalue weighted by molar-refractivity contribution is -0.145. The maximum Gasteiger partial charge on any atom is 0.333 e. The fourth-order valence-corrected chi connectivity index (χ4v) is 3.30. The molecule has 25 heavy (non-hydrogen) atoms. The van der Waals surface area contributed by atoms with Gasteiger partial charge >= 0.3 is 5.97 Å². The first-order chi connectivity index (χ1) is 12.0. The lowest BCUT2D eigenvalue weighted by Crippen LogP contribution is -2.35. The highest BCUT2D eigenvalue weighted by Gasteiger charge is 2.31. The molecule has 1 aliphatic rings. The average molecular weight is 337 g/mol. The molecule has 2 aromatic carbocycles. The lowest BCUT2D eigenvalue weighted by Gasteiger charge is -2.20. The lowest BCUT2D eigenvalue weighted by atomic mass is 9.99. The third-order valence-corrected chi connectivity index (χ3v) is 4.44. The highest BCUT2D eigenvalue weighted by Crippen LogP contribution is 2.37. The van der Waals surface area contributed by atoms with Crippen molar-refractivity contribution < 1.29 is 14.6 Å². The summed E-state index contributed by atoms with van der Waals surface area (Å²) in [6.45, 7) is 4.01. The Morgan fingerprint density at radius 3 is 1.92 bits per heavy atom.